The molecule has 113 valence electrons. The van der Waals surface area contributed by atoms with Gasteiger partial charge >= 0.3 is 10.4 Å². The van der Waals surface area contributed by atoms with Gasteiger partial charge in [-0.05, 0) is 0 Å². The molecule has 2 N–H and O–H groups in total. The molecule has 0 spiro atoms. The van der Waals surface area contributed by atoms with Crippen LogP contribution in [0.2, 0.25) is 0 Å². The Morgan fingerprint density at radius 1 is 0.950 bits per heavy atom. The molecule has 1 unspecified atom stereocenters. The van der Waals surface area contributed by atoms with Crippen molar-refractivity contribution in [2.24, 2.45) is 0 Å². The Kier molecular flexibility index (Phi) is 6.69. The standard InChI is InChI=1S/C10H5ClO3.Cu.H2O4S/c11-7-8(12)5-3-1-2-4-6(5)9(13)10(7)14;;1-5(2,3)4/h1-4,7H;;(H2,1,2,3,4). The summed E-state index contributed by atoms with van der Waals surface area (Å²) < 4.78 is 31.6. The number of rotatable bonds is 0. The van der Waals surface area contributed by atoms with E-state index in [1.807, 2.05) is 0 Å². The predicted octanol–water partition coefficient (Wildman–Crippen LogP) is 0.587. The number of benzene rings is 1. The Hall–Kier alpha value is -1.09. The van der Waals surface area contributed by atoms with Gasteiger partial charge in [-0.15, -0.1) is 11.6 Å². The van der Waals surface area contributed by atoms with Crippen LogP contribution in [0.1, 0.15) is 20.7 Å². The minimum Gasteiger partial charge on any atom is -0.292 e. The van der Waals surface area contributed by atoms with Crippen LogP contribution in [-0.4, -0.2) is 40.3 Å². The van der Waals surface area contributed by atoms with Crippen molar-refractivity contribution in [1.82, 2.24) is 0 Å². The molecule has 0 aromatic heterocycles. The maximum Gasteiger partial charge on any atom is 0.394 e. The Labute approximate surface area is 129 Å². The number of ketones is 3. The summed E-state index contributed by atoms with van der Waals surface area (Å²) in [6, 6.07) is 6.18. The van der Waals surface area contributed by atoms with E-state index in [1.54, 1.807) is 12.1 Å². The van der Waals surface area contributed by atoms with Gasteiger partial charge in [0, 0.05) is 28.2 Å². The van der Waals surface area contributed by atoms with Gasteiger partial charge in [-0.2, -0.15) is 8.42 Å². The van der Waals surface area contributed by atoms with E-state index in [0.717, 1.165) is 0 Å². The number of alkyl halides is 1. The molecule has 1 aromatic carbocycles. The van der Waals surface area contributed by atoms with Crippen molar-refractivity contribution in [2.75, 3.05) is 0 Å². The number of hydrogen-bond acceptors (Lipinski definition) is 5. The van der Waals surface area contributed by atoms with Crippen LogP contribution in [0.15, 0.2) is 24.3 Å². The summed E-state index contributed by atoms with van der Waals surface area (Å²) in [5.74, 6) is -2.01. The second kappa shape index (κ2) is 7.07. The van der Waals surface area contributed by atoms with Crippen molar-refractivity contribution in [2.45, 2.75) is 5.38 Å². The van der Waals surface area contributed by atoms with Crippen molar-refractivity contribution in [3.05, 3.63) is 35.4 Å². The van der Waals surface area contributed by atoms with E-state index >= 15 is 0 Å². The largest absolute Gasteiger partial charge is 0.394 e. The van der Waals surface area contributed by atoms with Gasteiger partial charge in [-0.25, -0.2) is 0 Å². The Morgan fingerprint density at radius 2 is 1.35 bits per heavy atom. The molecular weight excluding hydrogens is 363 g/mol. The number of carbonyl (C=O) groups is 3. The molecule has 7 nitrogen and oxygen atoms in total. The van der Waals surface area contributed by atoms with Crippen LogP contribution in [-0.2, 0) is 32.3 Å². The second-order valence-corrected chi connectivity index (χ2v) is 4.75. The van der Waals surface area contributed by atoms with Gasteiger partial charge in [0.15, 0.2) is 11.2 Å². The maximum absolute atomic E-state index is 11.5. The van der Waals surface area contributed by atoms with Crippen LogP contribution in [0.5, 0.6) is 0 Å². The zero-order valence-electron chi connectivity index (χ0n) is 9.41. The van der Waals surface area contributed by atoms with Gasteiger partial charge in [0.1, 0.15) is 0 Å². The molecule has 0 fully saturated rings. The molecule has 10 heteroatoms. The third kappa shape index (κ3) is 4.78. The molecule has 0 amide bonds. The van der Waals surface area contributed by atoms with Crippen molar-refractivity contribution in [3.8, 4) is 0 Å². The molecule has 1 radical (unpaired) electrons. The van der Waals surface area contributed by atoms with E-state index in [4.69, 9.17) is 29.1 Å². The third-order valence-corrected chi connectivity index (χ3v) is 2.52. The molecule has 2 rings (SSSR count). The second-order valence-electron chi connectivity index (χ2n) is 3.41. The molecule has 1 aromatic rings. The van der Waals surface area contributed by atoms with Gasteiger partial charge in [-0.1, -0.05) is 24.3 Å². The van der Waals surface area contributed by atoms with Crippen LogP contribution in [0.25, 0.3) is 0 Å². The van der Waals surface area contributed by atoms with E-state index in [0.29, 0.717) is 0 Å². The summed E-state index contributed by atoms with van der Waals surface area (Å²) in [5.41, 5.74) is 0.386. The molecule has 1 atom stereocenters. The third-order valence-electron chi connectivity index (χ3n) is 2.12. The minimum absolute atomic E-state index is 0. The average Bonchev–Trinajstić information content (AvgIpc) is 2.32. The summed E-state index contributed by atoms with van der Waals surface area (Å²) >= 11 is 5.52. The van der Waals surface area contributed by atoms with E-state index in [1.165, 1.54) is 12.1 Å². The Morgan fingerprint density at radius 3 is 1.80 bits per heavy atom. The Bertz CT molecular complexity index is 647. The summed E-state index contributed by atoms with van der Waals surface area (Å²) in [6.45, 7) is 0. The first kappa shape index (κ1) is 18.9. The fourth-order valence-electron chi connectivity index (χ4n) is 1.40. The van der Waals surface area contributed by atoms with Gasteiger partial charge in [0.2, 0.25) is 11.6 Å². The SMILES string of the molecule is O=C1C(=O)C(Cl)C(=O)c2ccccc21.O=S(=O)(O)O.[Cu]. The van der Waals surface area contributed by atoms with Gasteiger partial charge in [0.05, 0.1) is 0 Å². The van der Waals surface area contributed by atoms with Crippen molar-refractivity contribution in [1.29, 1.82) is 0 Å². The molecule has 1 aliphatic carbocycles. The first-order valence-electron chi connectivity index (χ1n) is 4.68. The van der Waals surface area contributed by atoms with Crippen LogP contribution < -0.4 is 0 Å². The zero-order chi connectivity index (χ0) is 14.8. The van der Waals surface area contributed by atoms with Gasteiger partial charge < -0.3 is 0 Å². The maximum atomic E-state index is 11.5. The monoisotopic (exact) mass is 369 g/mol. The van der Waals surface area contributed by atoms with Gasteiger partial charge in [-0.3, -0.25) is 23.5 Å². The quantitative estimate of drug-likeness (QED) is 0.225. The predicted molar refractivity (Wildman–Crippen MR) is 63.9 cm³/mol. The minimum atomic E-state index is -4.67. The number of carbonyl (C=O) groups excluding carboxylic acids is 3. The fraction of sp³-hybridized carbons (Fsp3) is 0.100. The zero-order valence-corrected chi connectivity index (χ0v) is 11.9. The van der Waals surface area contributed by atoms with Crippen LogP contribution in [0.4, 0.5) is 0 Å². The van der Waals surface area contributed by atoms with Crippen molar-refractivity contribution in [3.63, 3.8) is 0 Å². The fourth-order valence-corrected chi connectivity index (χ4v) is 1.62. The first-order valence-corrected chi connectivity index (χ1v) is 6.52. The molecule has 1 aliphatic rings. The van der Waals surface area contributed by atoms with Crippen molar-refractivity contribution >= 4 is 39.3 Å². The normalized spacial score (nSPS) is 17.6. The molecule has 0 aliphatic heterocycles. The summed E-state index contributed by atoms with van der Waals surface area (Å²) in [7, 11) is -4.67. The first-order chi connectivity index (χ1) is 8.63. The van der Waals surface area contributed by atoms with E-state index < -0.39 is 33.1 Å². The molecule has 0 heterocycles. The summed E-state index contributed by atoms with van der Waals surface area (Å²) in [4.78, 5) is 34.0. The smallest absolute Gasteiger partial charge is 0.292 e. The number of fused-ring (bicyclic) bond motifs is 1. The molecular formula is C10H7ClCuO7S. The van der Waals surface area contributed by atoms with E-state index in [9.17, 15) is 14.4 Å². The van der Waals surface area contributed by atoms with Gasteiger partial charge in [0.25, 0.3) is 0 Å². The number of hydrogen-bond donors (Lipinski definition) is 2. The van der Waals surface area contributed by atoms with Crippen molar-refractivity contribution < 1.29 is 49.0 Å². The molecule has 0 saturated heterocycles. The average molecular weight is 370 g/mol. The van der Waals surface area contributed by atoms with E-state index in [2.05, 4.69) is 0 Å². The van der Waals surface area contributed by atoms with Crippen LogP contribution >= 0.6 is 11.6 Å². The molecule has 0 saturated carbocycles. The molecule has 0 bridgehead atoms. The summed E-state index contributed by atoms with van der Waals surface area (Å²) in [5, 5.41) is -1.35. The number of Topliss-reactive ketones (excluding diaryl/α,β-unsaturated/α-hetero) is 3. The summed E-state index contributed by atoms with van der Waals surface area (Å²) in [6.07, 6.45) is 0. The van der Waals surface area contributed by atoms with Crippen LogP contribution in [0, 0.1) is 0 Å². The number of halogens is 1. The topological polar surface area (TPSA) is 126 Å². The van der Waals surface area contributed by atoms with E-state index in [-0.39, 0.29) is 28.2 Å². The molecule has 20 heavy (non-hydrogen) atoms. The van der Waals surface area contributed by atoms with Crippen LogP contribution in [0.3, 0.4) is 0 Å². The Balaban J connectivity index is 0.000000526.